The number of carbonyl (C=O) groups is 2. The van der Waals surface area contributed by atoms with E-state index in [1.807, 2.05) is 68.4 Å². The van der Waals surface area contributed by atoms with E-state index >= 15 is 0 Å². The van der Waals surface area contributed by atoms with Gasteiger partial charge in [-0.3, -0.25) is 9.59 Å². The van der Waals surface area contributed by atoms with E-state index < -0.39 is 28.7 Å². The maximum absolute atomic E-state index is 14.5. The normalized spacial score (nSPS) is 14.7. The molecule has 3 aromatic carbocycles. The molecule has 0 aromatic heterocycles. The zero-order chi connectivity index (χ0) is 31.9. The lowest BCUT2D eigenvalue weighted by atomic mass is 9.94. The van der Waals surface area contributed by atoms with Crippen LogP contribution in [0.3, 0.4) is 0 Å². The van der Waals surface area contributed by atoms with E-state index in [1.54, 1.807) is 18.2 Å². The molecule has 0 aliphatic heterocycles. The van der Waals surface area contributed by atoms with Crippen LogP contribution in [0.15, 0.2) is 72.8 Å². The second kappa shape index (κ2) is 15.1. The number of carbonyl (C=O) groups excluding carboxylic acids is 2. The quantitative estimate of drug-likeness (QED) is 0.277. The molecule has 1 atom stereocenters. The van der Waals surface area contributed by atoms with Crippen molar-refractivity contribution in [2.75, 3.05) is 24.9 Å². The van der Waals surface area contributed by atoms with Crippen LogP contribution >= 0.6 is 11.6 Å². The fourth-order valence-corrected chi connectivity index (χ4v) is 6.81. The second-order valence-corrected chi connectivity index (χ2v) is 14.3. The Balaban J connectivity index is 1.77. The van der Waals surface area contributed by atoms with Gasteiger partial charge in [0.15, 0.2) is 0 Å². The van der Waals surface area contributed by atoms with Crippen LogP contribution < -0.4 is 9.62 Å². The van der Waals surface area contributed by atoms with Crippen molar-refractivity contribution < 1.29 is 18.0 Å². The van der Waals surface area contributed by atoms with E-state index in [0.29, 0.717) is 16.3 Å². The molecule has 2 amide bonds. The SMILES string of the molecule is Cc1ccc(C)c(N(CC(=O)N(Cc2ccc(Cl)cc2)[C@@H](Cc2ccccc2)C(=O)NC2CCCCC2)S(=O)(=O)N(C)C)c1. The number of anilines is 1. The van der Waals surface area contributed by atoms with Gasteiger partial charge in [0, 0.05) is 38.1 Å². The van der Waals surface area contributed by atoms with E-state index in [2.05, 4.69) is 5.32 Å². The largest absolute Gasteiger partial charge is 0.352 e. The molecule has 1 saturated carbocycles. The topological polar surface area (TPSA) is 90.0 Å². The molecule has 236 valence electrons. The summed E-state index contributed by atoms with van der Waals surface area (Å²) < 4.78 is 29.6. The molecule has 0 spiro atoms. The van der Waals surface area contributed by atoms with Crippen LogP contribution in [0.5, 0.6) is 0 Å². The van der Waals surface area contributed by atoms with Crippen molar-refractivity contribution in [2.24, 2.45) is 0 Å². The molecule has 8 nitrogen and oxygen atoms in total. The van der Waals surface area contributed by atoms with E-state index in [0.717, 1.165) is 57.4 Å². The fraction of sp³-hybridized carbons (Fsp3) is 0.412. The van der Waals surface area contributed by atoms with Crippen molar-refractivity contribution in [3.05, 3.63) is 100 Å². The van der Waals surface area contributed by atoms with Gasteiger partial charge in [-0.05, 0) is 67.1 Å². The van der Waals surface area contributed by atoms with Gasteiger partial charge < -0.3 is 10.2 Å². The summed E-state index contributed by atoms with van der Waals surface area (Å²) in [7, 11) is -1.18. The highest BCUT2D eigenvalue weighted by Crippen LogP contribution is 2.27. The molecular formula is C34H43ClN4O4S. The highest BCUT2D eigenvalue weighted by atomic mass is 35.5. The van der Waals surface area contributed by atoms with Crippen molar-refractivity contribution in [2.45, 2.75) is 71.0 Å². The van der Waals surface area contributed by atoms with Crippen LogP contribution in [0.4, 0.5) is 5.69 Å². The molecule has 3 aromatic rings. The van der Waals surface area contributed by atoms with Crippen molar-refractivity contribution >= 4 is 39.3 Å². The van der Waals surface area contributed by atoms with E-state index in [4.69, 9.17) is 11.6 Å². The van der Waals surface area contributed by atoms with Crippen molar-refractivity contribution in [1.82, 2.24) is 14.5 Å². The number of benzene rings is 3. The van der Waals surface area contributed by atoms with Gasteiger partial charge in [0.25, 0.3) is 0 Å². The minimum Gasteiger partial charge on any atom is -0.352 e. The third-order valence-corrected chi connectivity index (χ3v) is 10.2. The molecule has 1 fully saturated rings. The number of nitrogens with one attached hydrogen (secondary N) is 1. The molecule has 1 N–H and O–H groups in total. The number of nitrogens with zero attached hydrogens (tertiary/aromatic N) is 3. The molecule has 1 aliphatic rings. The van der Waals surface area contributed by atoms with Crippen LogP contribution in [-0.4, -0.2) is 62.2 Å². The van der Waals surface area contributed by atoms with Crippen molar-refractivity contribution in [3.8, 4) is 0 Å². The highest BCUT2D eigenvalue weighted by Gasteiger charge is 2.36. The molecule has 0 unspecified atom stereocenters. The summed E-state index contributed by atoms with van der Waals surface area (Å²) in [4.78, 5) is 30.1. The van der Waals surface area contributed by atoms with Crippen LogP contribution in [0.1, 0.15) is 54.4 Å². The van der Waals surface area contributed by atoms with Gasteiger partial charge in [-0.2, -0.15) is 12.7 Å². The predicted molar refractivity (Wildman–Crippen MR) is 177 cm³/mol. The summed E-state index contributed by atoms with van der Waals surface area (Å²) in [5.41, 5.74) is 3.68. The average molecular weight is 639 g/mol. The Morgan fingerprint density at radius 1 is 0.909 bits per heavy atom. The van der Waals surface area contributed by atoms with Gasteiger partial charge in [-0.1, -0.05) is 85.5 Å². The standard InChI is InChI=1S/C34H43ClN4O4S/c1-25-15-16-26(2)31(21-25)39(44(42,43)37(3)4)24-33(40)38(23-28-17-19-29(35)20-18-28)32(22-27-11-7-5-8-12-27)34(41)36-30-13-9-6-10-14-30/h5,7-8,11-12,15-21,30,32H,6,9-10,13-14,22-24H2,1-4H3,(H,36,41)/t32-/m0/s1. The number of amides is 2. The molecule has 44 heavy (non-hydrogen) atoms. The molecule has 1 aliphatic carbocycles. The van der Waals surface area contributed by atoms with Crippen molar-refractivity contribution in [1.29, 1.82) is 0 Å². The number of halogens is 1. The number of rotatable bonds is 12. The Labute approximate surface area is 267 Å². The number of hydrogen-bond acceptors (Lipinski definition) is 4. The Hall–Kier alpha value is -3.40. The van der Waals surface area contributed by atoms with Gasteiger partial charge in [0.1, 0.15) is 12.6 Å². The predicted octanol–water partition coefficient (Wildman–Crippen LogP) is 5.66. The summed E-state index contributed by atoms with van der Waals surface area (Å²) >= 11 is 6.16. The van der Waals surface area contributed by atoms with Crippen LogP contribution in [-0.2, 0) is 32.8 Å². The summed E-state index contributed by atoms with van der Waals surface area (Å²) in [5.74, 6) is -0.720. The van der Waals surface area contributed by atoms with Gasteiger partial charge in [0.2, 0.25) is 11.8 Å². The van der Waals surface area contributed by atoms with Gasteiger partial charge in [-0.15, -0.1) is 0 Å². The molecule has 0 radical (unpaired) electrons. The molecule has 0 saturated heterocycles. The van der Waals surface area contributed by atoms with E-state index in [-0.39, 0.29) is 24.9 Å². The van der Waals surface area contributed by atoms with Crippen molar-refractivity contribution in [3.63, 3.8) is 0 Å². The highest BCUT2D eigenvalue weighted by molar-refractivity contribution is 7.90. The summed E-state index contributed by atoms with van der Waals surface area (Å²) in [6.45, 7) is 3.33. The summed E-state index contributed by atoms with van der Waals surface area (Å²) in [6, 6.07) is 21.4. The van der Waals surface area contributed by atoms with Crippen LogP contribution in [0.25, 0.3) is 0 Å². The van der Waals surface area contributed by atoms with E-state index in [9.17, 15) is 18.0 Å². The average Bonchev–Trinajstić information content (AvgIpc) is 3.00. The molecule has 10 heteroatoms. The first kappa shape index (κ1) is 33.5. The number of aryl methyl sites for hydroxylation is 2. The lowest BCUT2D eigenvalue weighted by Crippen LogP contribution is -2.55. The maximum atomic E-state index is 14.5. The minimum atomic E-state index is -4.06. The second-order valence-electron chi connectivity index (χ2n) is 11.8. The van der Waals surface area contributed by atoms with Gasteiger partial charge >= 0.3 is 10.2 Å². The smallest absolute Gasteiger partial charge is 0.304 e. The summed E-state index contributed by atoms with van der Waals surface area (Å²) in [6.07, 6.45) is 5.33. The fourth-order valence-electron chi connectivity index (χ4n) is 5.57. The minimum absolute atomic E-state index is 0.0440. The Kier molecular flexibility index (Phi) is 11.5. The lowest BCUT2D eigenvalue weighted by Gasteiger charge is -2.35. The third kappa shape index (κ3) is 8.61. The first-order chi connectivity index (χ1) is 21.0. The monoisotopic (exact) mass is 638 g/mol. The van der Waals surface area contributed by atoms with Crippen LogP contribution in [0.2, 0.25) is 5.02 Å². The molecular weight excluding hydrogens is 596 g/mol. The molecule has 0 bridgehead atoms. The Bertz CT molecular complexity index is 1520. The molecule has 0 heterocycles. The maximum Gasteiger partial charge on any atom is 0.304 e. The Morgan fingerprint density at radius 3 is 2.20 bits per heavy atom. The third-order valence-electron chi connectivity index (χ3n) is 8.14. The molecule has 4 rings (SSSR count). The van der Waals surface area contributed by atoms with E-state index in [1.165, 1.54) is 19.0 Å². The zero-order valence-corrected chi connectivity index (χ0v) is 27.6. The summed E-state index contributed by atoms with van der Waals surface area (Å²) in [5, 5.41) is 3.78. The Morgan fingerprint density at radius 2 is 1.57 bits per heavy atom. The van der Waals surface area contributed by atoms with Crippen LogP contribution in [0, 0.1) is 13.8 Å². The lowest BCUT2D eigenvalue weighted by molar-refractivity contribution is -0.140. The van der Waals surface area contributed by atoms with Gasteiger partial charge in [0.05, 0.1) is 5.69 Å². The first-order valence-corrected chi connectivity index (χ1v) is 16.9. The zero-order valence-electron chi connectivity index (χ0n) is 26.0. The van der Waals surface area contributed by atoms with Gasteiger partial charge in [-0.25, -0.2) is 4.31 Å². The first-order valence-electron chi connectivity index (χ1n) is 15.1. The number of hydrogen-bond donors (Lipinski definition) is 1.